The molecule has 2 aliphatic rings. The summed E-state index contributed by atoms with van der Waals surface area (Å²) in [4.78, 5) is 30.3. The fraction of sp³-hybridized carbons (Fsp3) is 0.471. The number of aliphatic hydroxyl groups excluding tert-OH is 1. The van der Waals surface area contributed by atoms with Crippen LogP contribution >= 0.6 is 0 Å². The molecule has 1 N–H and O–H groups in total. The average Bonchev–Trinajstić information content (AvgIpc) is 3.17. The molecule has 1 fully saturated rings. The van der Waals surface area contributed by atoms with Crippen molar-refractivity contribution in [1.82, 2.24) is 9.88 Å². The van der Waals surface area contributed by atoms with Gasteiger partial charge in [0, 0.05) is 32.0 Å². The van der Waals surface area contributed by atoms with Gasteiger partial charge in [-0.1, -0.05) is 6.92 Å². The van der Waals surface area contributed by atoms with Gasteiger partial charge in [-0.2, -0.15) is 0 Å². The summed E-state index contributed by atoms with van der Waals surface area (Å²) in [7, 11) is 0. The Bertz CT molecular complexity index is 635. The Labute approximate surface area is 134 Å². The summed E-state index contributed by atoms with van der Waals surface area (Å²) in [5.41, 5.74) is 0.953. The Hall–Kier alpha value is -2.21. The number of ketones is 1. The lowest BCUT2D eigenvalue weighted by Gasteiger charge is -2.28. The number of hydrogen-bond acceptors (Lipinski definition) is 5. The molecule has 3 heterocycles. The third-order valence-electron chi connectivity index (χ3n) is 4.37. The van der Waals surface area contributed by atoms with Crippen LogP contribution in [0, 0.1) is 0 Å². The van der Waals surface area contributed by atoms with E-state index in [9.17, 15) is 14.7 Å². The van der Waals surface area contributed by atoms with E-state index in [1.165, 1.54) is 0 Å². The maximum Gasteiger partial charge on any atom is 0.290 e. The smallest absolute Gasteiger partial charge is 0.290 e. The number of aliphatic hydroxyl groups is 1. The quantitative estimate of drug-likeness (QED) is 0.898. The molecule has 0 aliphatic carbocycles. The topological polar surface area (TPSA) is 79.7 Å². The number of aromatic nitrogens is 1. The maximum atomic E-state index is 12.5. The standard InChI is InChI=1S/C17H20N2O4/c1-2-13(20)14-15(11-5-7-18-8-6-11)19(17(22)16(14)21)10-12-4-3-9-23-12/h5-8,12,15,21H,2-4,9-10H2,1H3. The lowest BCUT2D eigenvalue weighted by molar-refractivity contribution is -0.131. The number of amides is 1. The number of ether oxygens (including phenoxy) is 1. The maximum absolute atomic E-state index is 12.5. The lowest BCUT2D eigenvalue weighted by Crippen LogP contribution is -2.37. The third kappa shape index (κ3) is 2.86. The van der Waals surface area contributed by atoms with E-state index in [0.29, 0.717) is 13.2 Å². The van der Waals surface area contributed by atoms with Gasteiger partial charge in [0.25, 0.3) is 5.91 Å². The molecular weight excluding hydrogens is 296 g/mol. The molecule has 6 heteroatoms. The summed E-state index contributed by atoms with van der Waals surface area (Å²) in [6.45, 7) is 2.78. The molecule has 0 aromatic carbocycles. The minimum absolute atomic E-state index is 0.0489. The van der Waals surface area contributed by atoms with Crippen LogP contribution in [0.1, 0.15) is 37.8 Å². The molecule has 0 saturated carbocycles. The number of nitrogens with zero attached hydrogens (tertiary/aromatic N) is 2. The molecule has 122 valence electrons. The van der Waals surface area contributed by atoms with E-state index in [1.807, 2.05) is 0 Å². The van der Waals surface area contributed by atoms with Crippen LogP contribution < -0.4 is 0 Å². The summed E-state index contributed by atoms with van der Waals surface area (Å²) in [6, 6.07) is 2.96. The van der Waals surface area contributed by atoms with Crippen molar-refractivity contribution >= 4 is 11.7 Å². The van der Waals surface area contributed by atoms with Crippen molar-refractivity contribution in [2.24, 2.45) is 0 Å². The summed E-state index contributed by atoms with van der Waals surface area (Å²) >= 11 is 0. The minimum atomic E-state index is -0.567. The molecule has 0 spiro atoms. The zero-order chi connectivity index (χ0) is 16.4. The van der Waals surface area contributed by atoms with Gasteiger partial charge in [-0.05, 0) is 30.5 Å². The number of rotatable bonds is 5. The van der Waals surface area contributed by atoms with Crippen molar-refractivity contribution in [3.63, 3.8) is 0 Å². The van der Waals surface area contributed by atoms with Gasteiger partial charge in [0.2, 0.25) is 0 Å². The molecule has 2 unspecified atom stereocenters. The van der Waals surface area contributed by atoms with Crippen LogP contribution in [0.15, 0.2) is 35.9 Å². The van der Waals surface area contributed by atoms with Crippen LogP contribution in [-0.2, 0) is 14.3 Å². The molecule has 0 bridgehead atoms. The second-order valence-corrected chi connectivity index (χ2v) is 5.81. The number of carbonyl (C=O) groups excluding carboxylic acids is 2. The van der Waals surface area contributed by atoms with E-state index in [-0.39, 0.29) is 23.9 Å². The molecule has 1 aromatic heterocycles. The minimum Gasteiger partial charge on any atom is -0.503 e. The van der Waals surface area contributed by atoms with Crippen molar-refractivity contribution in [3.8, 4) is 0 Å². The van der Waals surface area contributed by atoms with E-state index in [0.717, 1.165) is 18.4 Å². The van der Waals surface area contributed by atoms with Gasteiger partial charge in [-0.15, -0.1) is 0 Å². The van der Waals surface area contributed by atoms with Gasteiger partial charge < -0.3 is 14.7 Å². The first-order valence-corrected chi connectivity index (χ1v) is 7.92. The molecule has 1 amide bonds. The molecule has 2 aliphatic heterocycles. The zero-order valence-corrected chi connectivity index (χ0v) is 13.1. The highest BCUT2D eigenvalue weighted by atomic mass is 16.5. The van der Waals surface area contributed by atoms with Crippen LogP contribution in [0.2, 0.25) is 0 Å². The van der Waals surface area contributed by atoms with E-state index in [1.54, 1.807) is 36.4 Å². The fourth-order valence-corrected chi connectivity index (χ4v) is 3.22. The van der Waals surface area contributed by atoms with Crippen molar-refractivity contribution in [3.05, 3.63) is 41.4 Å². The largest absolute Gasteiger partial charge is 0.503 e. The van der Waals surface area contributed by atoms with Crippen LogP contribution in [0.4, 0.5) is 0 Å². The van der Waals surface area contributed by atoms with Gasteiger partial charge in [0.05, 0.1) is 17.7 Å². The van der Waals surface area contributed by atoms with Gasteiger partial charge in [0.15, 0.2) is 11.5 Å². The van der Waals surface area contributed by atoms with Crippen LogP contribution in [0.3, 0.4) is 0 Å². The second-order valence-electron chi connectivity index (χ2n) is 5.81. The fourth-order valence-electron chi connectivity index (χ4n) is 3.22. The first-order valence-electron chi connectivity index (χ1n) is 7.92. The predicted molar refractivity (Wildman–Crippen MR) is 82.6 cm³/mol. The Morgan fingerprint density at radius 1 is 1.43 bits per heavy atom. The number of Topliss-reactive ketones (excluding diaryl/α,β-unsaturated/α-hetero) is 1. The molecule has 3 rings (SSSR count). The van der Waals surface area contributed by atoms with Crippen molar-refractivity contribution in [2.75, 3.05) is 13.2 Å². The van der Waals surface area contributed by atoms with E-state index in [4.69, 9.17) is 4.74 Å². The van der Waals surface area contributed by atoms with Crippen molar-refractivity contribution in [1.29, 1.82) is 0 Å². The molecule has 1 saturated heterocycles. The highest BCUT2D eigenvalue weighted by Gasteiger charge is 2.43. The van der Waals surface area contributed by atoms with Gasteiger partial charge in [0.1, 0.15) is 0 Å². The molecular formula is C17H20N2O4. The number of pyridine rings is 1. The number of carbonyl (C=O) groups is 2. The average molecular weight is 316 g/mol. The Balaban J connectivity index is 1.98. The summed E-state index contributed by atoms with van der Waals surface area (Å²) in [5, 5.41) is 10.2. The second kappa shape index (κ2) is 6.50. The monoisotopic (exact) mass is 316 g/mol. The van der Waals surface area contributed by atoms with Gasteiger partial charge in [-0.3, -0.25) is 14.6 Å². The SMILES string of the molecule is CCC(=O)C1=C(O)C(=O)N(CC2CCCO2)C1c1ccncc1. The molecule has 23 heavy (non-hydrogen) atoms. The first kappa shape index (κ1) is 15.7. The van der Waals surface area contributed by atoms with E-state index >= 15 is 0 Å². The van der Waals surface area contributed by atoms with E-state index < -0.39 is 17.7 Å². The first-order chi connectivity index (χ1) is 11.1. The zero-order valence-electron chi connectivity index (χ0n) is 13.1. The molecule has 0 radical (unpaired) electrons. The highest BCUT2D eigenvalue weighted by Crippen LogP contribution is 2.38. The highest BCUT2D eigenvalue weighted by molar-refractivity contribution is 6.08. The third-order valence-corrected chi connectivity index (χ3v) is 4.37. The van der Waals surface area contributed by atoms with Crippen molar-refractivity contribution < 1.29 is 19.4 Å². The van der Waals surface area contributed by atoms with Gasteiger partial charge >= 0.3 is 0 Å². The molecule has 1 aromatic rings. The summed E-state index contributed by atoms with van der Waals surface area (Å²) in [5.74, 6) is -1.15. The lowest BCUT2D eigenvalue weighted by atomic mass is 9.95. The predicted octanol–water partition coefficient (Wildman–Crippen LogP) is 1.94. The van der Waals surface area contributed by atoms with Crippen LogP contribution in [-0.4, -0.2) is 45.9 Å². The van der Waals surface area contributed by atoms with E-state index in [2.05, 4.69) is 4.98 Å². The van der Waals surface area contributed by atoms with Crippen molar-refractivity contribution in [2.45, 2.75) is 38.3 Å². The molecule has 6 nitrogen and oxygen atoms in total. The Morgan fingerprint density at radius 3 is 2.78 bits per heavy atom. The van der Waals surface area contributed by atoms with Gasteiger partial charge in [-0.25, -0.2) is 0 Å². The van der Waals surface area contributed by atoms with Crippen LogP contribution in [0.5, 0.6) is 0 Å². The Morgan fingerprint density at radius 2 is 2.17 bits per heavy atom. The Kier molecular flexibility index (Phi) is 4.43. The summed E-state index contributed by atoms with van der Waals surface area (Å²) < 4.78 is 5.61. The molecule has 2 atom stereocenters. The summed E-state index contributed by atoms with van der Waals surface area (Å²) in [6.07, 6.45) is 5.27. The van der Waals surface area contributed by atoms with Crippen LogP contribution in [0.25, 0.3) is 0 Å². The normalized spacial score (nSPS) is 24.6. The number of hydrogen-bond donors (Lipinski definition) is 1.